The number of ether oxygens (including phenoxy) is 1. The van der Waals surface area contributed by atoms with Crippen molar-refractivity contribution in [3.8, 4) is 0 Å². The molecule has 0 aromatic carbocycles. The molecule has 2 nitrogen and oxygen atoms in total. The summed E-state index contributed by atoms with van der Waals surface area (Å²) < 4.78 is 5.46. The average Bonchev–Trinajstić information content (AvgIpc) is 2.92. The van der Waals surface area contributed by atoms with E-state index in [1.54, 1.807) is 0 Å². The van der Waals surface area contributed by atoms with Gasteiger partial charge in [0.1, 0.15) is 0 Å². The minimum absolute atomic E-state index is 0.643. The summed E-state index contributed by atoms with van der Waals surface area (Å²) in [6.45, 7) is 6.57. The predicted octanol–water partition coefficient (Wildman–Crippen LogP) is 2.58. The Balaban J connectivity index is 1.76. The van der Waals surface area contributed by atoms with E-state index in [-0.39, 0.29) is 0 Å². The van der Waals surface area contributed by atoms with E-state index in [1.807, 2.05) is 0 Å². The van der Waals surface area contributed by atoms with E-state index in [0.29, 0.717) is 6.04 Å². The first-order valence-electron chi connectivity index (χ1n) is 6.65. The van der Waals surface area contributed by atoms with Crippen molar-refractivity contribution in [1.82, 2.24) is 5.32 Å². The summed E-state index contributed by atoms with van der Waals surface area (Å²) in [6, 6.07) is 1.43. The van der Waals surface area contributed by atoms with Crippen molar-refractivity contribution in [1.29, 1.82) is 0 Å². The highest BCUT2D eigenvalue weighted by atomic mass is 16.5. The van der Waals surface area contributed by atoms with E-state index in [4.69, 9.17) is 4.74 Å². The molecule has 1 aliphatic carbocycles. The van der Waals surface area contributed by atoms with Gasteiger partial charge in [0.05, 0.1) is 6.61 Å². The lowest BCUT2D eigenvalue weighted by molar-refractivity contribution is 0.175. The van der Waals surface area contributed by atoms with Crippen LogP contribution < -0.4 is 5.32 Å². The molecular weight excluding hydrogens is 186 g/mol. The van der Waals surface area contributed by atoms with E-state index in [9.17, 15) is 0 Å². The van der Waals surface area contributed by atoms with Crippen LogP contribution in [-0.4, -0.2) is 25.3 Å². The van der Waals surface area contributed by atoms with Crippen LogP contribution in [0.25, 0.3) is 0 Å². The maximum atomic E-state index is 5.46. The van der Waals surface area contributed by atoms with E-state index in [1.165, 1.54) is 32.1 Å². The number of nitrogens with one attached hydrogen (secondary N) is 1. The minimum Gasteiger partial charge on any atom is -0.381 e. The molecule has 1 saturated carbocycles. The molecule has 0 aromatic rings. The highest BCUT2D eigenvalue weighted by Gasteiger charge is 2.33. The molecule has 2 aliphatic rings. The fourth-order valence-corrected chi connectivity index (χ4v) is 2.69. The maximum Gasteiger partial charge on any atom is 0.0509 e. The van der Waals surface area contributed by atoms with Crippen LogP contribution in [0.5, 0.6) is 0 Å². The summed E-state index contributed by atoms with van der Waals surface area (Å²) >= 11 is 0. The first-order valence-corrected chi connectivity index (χ1v) is 6.65. The lowest BCUT2D eigenvalue weighted by Crippen LogP contribution is -2.42. The van der Waals surface area contributed by atoms with Gasteiger partial charge < -0.3 is 10.1 Å². The van der Waals surface area contributed by atoms with E-state index >= 15 is 0 Å². The van der Waals surface area contributed by atoms with Crippen LogP contribution in [0.15, 0.2) is 0 Å². The Morgan fingerprint density at radius 3 is 2.60 bits per heavy atom. The van der Waals surface area contributed by atoms with Crippen molar-refractivity contribution < 1.29 is 4.74 Å². The normalized spacial score (nSPS) is 30.4. The molecule has 0 spiro atoms. The monoisotopic (exact) mass is 211 g/mol. The second-order valence-electron chi connectivity index (χ2n) is 5.31. The zero-order valence-corrected chi connectivity index (χ0v) is 10.2. The van der Waals surface area contributed by atoms with Crippen molar-refractivity contribution in [2.45, 2.75) is 58.0 Å². The van der Waals surface area contributed by atoms with Crippen LogP contribution in [0.3, 0.4) is 0 Å². The first-order chi connectivity index (χ1) is 7.31. The molecule has 0 aromatic heterocycles. The molecule has 3 unspecified atom stereocenters. The number of hydrogen-bond acceptors (Lipinski definition) is 2. The number of hydrogen-bond donors (Lipinski definition) is 1. The van der Waals surface area contributed by atoms with Gasteiger partial charge in [-0.05, 0) is 44.4 Å². The zero-order valence-electron chi connectivity index (χ0n) is 10.2. The van der Waals surface area contributed by atoms with Crippen LogP contribution in [0, 0.1) is 11.8 Å². The summed E-state index contributed by atoms with van der Waals surface area (Å²) in [5.74, 6) is 1.73. The second-order valence-corrected chi connectivity index (χ2v) is 5.31. The topological polar surface area (TPSA) is 21.3 Å². The fraction of sp³-hybridized carbons (Fsp3) is 1.00. The summed E-state index contributed by atoms with van der Waals surface area (Å²) in [5, 5.41) is 3.84. The molecular formula is C13H25NO. The lowest BCUT2D eigenvalue weighted by atomic mass is 9.98. The van der Waals surface area contributed by atoms with Crippen LogP contribution >= 0.6 is 0 Å². The molecule has 88 valence electrons. The molecule has 1 N–H and O–H groups in total. The maximum absolute atomic E-state index is 5.46. The van der Waals surface area contributed by atoms with Gasteiger partial charge in [-0.15, -0.1) is 0 Å². The van der Waals surface area contributed by atoms with Crippen LogP contribution in [0.1, 0.15) is 46.0 Å². The molecule has 1 aliphatic heterocycles. The summed E-state index contributed by atoms with van der Waals surface area (Å²) in [6.07, 6.45) is 6.80. The highest BCUT2D eigenvalue weighted by Crippen LogP contribution is 2.35. The highest BCUT2D eigenvalue weighted by molar-refractivity contribution is 4.89. The average molecular weight is 211 g/mol. The van der Waals surface area contributed by atoms with Gasteiger partial charge in [0.25, 0.3) is 0 Å². The van der Waals surface area contributed by atoms with E-state index < -0.39 is 0 Å². The van der Waals surface area contributed by atoms with Gasteiger partial charge in [-0.1, -0.05) is 13.3 Å². The van der Waals surface area contributed by atoms with Crippen LogP contribution in [0.4, 0.5) is 0 Å². The van der Waals surface area contributed by atoms with Gasteiger partial charge >= 0.3 is 0 Å². The van der Waals surface area contributed by atoms with E-state index in [2.05, 4.69) is 19.2 Å². The quantitative estimate of drug-likeness (QED) is 0.729. The molecule has 15 heavy (non-hydrogen) atoms. The Morgan fingerprint density at radius 2 is 2.07 bits per heavy atom. The molecule has 0 radical (unpaired) electrons. The molecule has 0 amide bonds. The summed E-state index contributed by atoms with van der Waals surface area (Å²) in [7, 11) is 0. The Hall–Kier alpha value is -0.0800. The third kappa shape index (κ3) is 3.18. The molecule has 1 saturated heterocycles. The Kier molecular flexibility index (Phi) is 4.04. The smallest absolute Gasteiger partial charge is 0.0509 e. The third-order valence-electron chi connectivity index (χ3n) is 3.94. The molecule has 2 rings (SSSR count). The molecule has 2 fully saturated rings. The zero-order chi connectivity index (χ0) is 10.7. The lowest BCUT2D eigenvalue weighted by Gasteiger charge is -2.26. The van der Waals surface area contributed by atoms with Gasteiger partial charge in [-0.3, -0.25) is 0 Å². The molecule has 2 heteroatoms. The Morgan fingerprint density at radius 1 is 1.27 bits per heavy atom. The van der Waals surface area contributed by atoms with Crippen molar-refractivity contribution in [2.24, 2.45) is 11.8 Å². The summed E-state index contributed by atoms with van der Waals surface area (Å²) in [4.78, 5) is 0. The van der Waals surface area contributed by atoms with Crippen molar-refractivity contribution in [3.05, 3.63) is 0 Å². The molecule has 3 atom stereocenters. The van der Waals surface area contributed by atoms with Gasteiger partial charge in [0, 0.05) is 18.7 Å². The molecule has 0 bridgehead atoms. The standard InChI is InChI=1S/C13H25NO/c1-3-4-13(11-5-6-11)14-10(2)12-7-8-15-9-12/h10-14H,3-9H2,1-2H3. The molecule has 1 heterocycles. The third-order valence-corrected chi connectivity index (χ3v) is 3.94. The second kappa shape index (κ2) is 5.31. The SMILES string of the molecule is CCCC(NC(C)C1CCOC1)C1CC1. The van der Waals surface area contributed by atoms with Crippen molar-refractivity contribution >= 4 is 0 Å². The van der Waals surface area contributed by atoms with Crippen molar-refractivity contribution in [3.63, 3.8) is 0 Å². The minimum atomic E-state index is 0.643. The van der Waals surface area contributed by atoms with Crippen molar-refractivity contribution in [2.75, 3.05) is 13.2 Å². The predicted molar refractivity (Wildman–Crippen MR) is 62.9 cm³/mol. The van der Waals surface area contributed by atoms with Gasteiger partial charge in [-0.2, -0.15) is 0 Å². The Bertz CT molecular complexity index is 185. The Labute approximate surface area is 93.8 Å². The fourth-order valence-electron chi connectivity index (χ4n) is 2.69. The van der Waals surface area contributed by atoms with E-state index in [0.717, 1.165) is 31.1 Å². The van der Waals surface area contributed by atoms with Gasteiger partial charge in [0.15, 0.2) is 0 Å². The van der Waals surface area contributed by atoms with Gasteiger partial charge in [0.2, 0.25) is 0 Å². The summed E-state index contributed by atoms with van der Waals surface area (Å²) in [5.41, 5.74) is 0. The van der Waals surface area contributed by atoms with Crippen LogP contribution in [-0.2, 0) is 4.74 Å². The first kappa shape index (κ1) is 11.4. The van der Waals surface area contributed by atoms with Gasteiger partial charge in [-0.25, -0.2) is 0 Å². The van der Waals surface area contributed by atoms with Crippen LogP contribution in [0.2, 0.25) is 0 Å². The number of rotatable bonds is 6. The largest absolute Gasteiger partial charge is 0.381 e.